The van der Waals surface area contributed by atoms with E-state index in [4.69, 9.17) is 11.6 Å². The second-order valence-corrected chi connectivity index (χ2v) is 6.36. The first kappa shape index (κ1) is 15.7. The summed E-state index contributed by atoms with van der Waals surface area (Å²) in [5.41, 5.74) is 0.622. The SMILES string of the molecule is CCC1CNC(C(C)C)CN1Cc1c(F)cccc1Cl. The molecular weight excluding hydrogens is 275 g/mol. The summed E-state index contributed by atoms with van der Waals surface area (Å²) in [7, 11) is 0. The topological polar surface area (TPSA) is 15.3 Å². The van der Waals surface area contributed by atoms with Crippen molar-refractivity contribution in [1.82, 2.24) is 10.2 Å². The predicted molar refractivity (Wildman–Crippen MR) is 82.5 cm³/mol. The molecule has 2 atom stereocenters. The van der Waals surface area contributed by atoms with Gasteiger partial charge in [0, 0.05) is 42.3 Å². The molecule has 1 heterocycles. The molecule has 0 bridgehead atoms. The molecular formula is C16H24ClFN2. The third-order valence-corrected chi connectivity index (χ3v) is 4.62. The van der Waals surface area contributed by atoms with Crippen LogP contribution in [-0.4, -0.2) is 30.1 Å². The minimum absolute atomic E-state index is 0.202. The quantitative estimate of drug-likeness (QED) is 0.912. The fraction of sp³-hybridized carbons (Fsp3) is 0.625. The van der Waals surface area contributed by atoms with Crippen molar-refractivity contribution in [2.24, 2.45) is 5.92 Å². The van der Waals surface area contributed by atoms with Crippen molar-refractivity contribution in [3.05, 3.63) is 34.6 Å². The Morgan fingerprint density at radius 3 is 2.80 bits per heavy atom. The molecule has 2 unspecified atom stereocenters. The normalized spacial score (nSPS) is 24.3. The van der Waals surface area contributed by atoms with Crippen molar-refractivity contribution in [2.75, 3.05) is 13.1 Å². The first-order valence-electron chi connectivity index (χ1n) is 7.43. The largest absolute Gasteiger partial charge is 0.311 e. The van der Waals surface area contributed by atoms with Crippen LogP contribution in [0.2, 0.25) is 5.02 Å². The van der Waals surface area contributed by atoms with Gasteiger partial charge in [-0.15, -0.1) is 0 Å². The number of rotatable bonds is 4. The Labute approximate surface area is 126 Å². The van der Waals surface area contributed by atoms with Gasteiger partial charge >= 0.3 is 0 Å². The molecule has 1 aliphatic heterocycles. The summed E-state index contributed by atoms with van der Waals surface area (Å²) in [6, 6.07) is 5.82. The first-order chi connectivity index (χ1) is 9.52. The Balaban J connectivity index is 2.15. The molecule has 1 N–H and O–H groups in total. The molecule has 1 aromatic carbocycles. The molecule has 0 saturated carbocycles. The van der Waals surface area contributed by atoms with Gasteiger partial charge in [-0.25, -0.2) is 4.39 Å². The minimum atomic E-state index is -0.202. The fourth-order valence-corrected chi connectivity index (χ4v) is 3.03. The van der Waals surface area contributed by atoms with Gasteiger partial charge in [-0.3, -0.25) is 4.90 Å². The number of nitrogens with one attached hydrogen (secondary N) is 1. The summed E-state index contributed by atoms with van der Waals surface area (Å²) in [6.45, 7) is 9.12. The lowest BCUT2D eigenvalue weighted by Crippen LogP contribution is -2.57. The molecule has 2 rings (SSSR count). The van der Waals surface area contributed by atoms with E-state index in [0.29, 0.717) is 35.1 Å². The van der Waals surface area contributed by atoms with Crippen molar-refractivity contribution >= 4 is 11.6 Å². The molecule has 20 heavy (non-hydrogen) atoms. The van der Waals surface area contributed by atoms with E-state index in [9.17, 15) is 4.39 Å². The van der Waals surface area contributed by atoms with E-state index >= 15 is 0 Å². The molecule has 112 valence electrons. The molecule has 0 spiro atoms. The smallest absolute Gasteiger partial charge is 0.129 e. The lowest BCUT2D eigenvalue weighted by molar-refractivity contribution is 0.102. The molecule has 1 aliphatic rings. The van der Waals surface area contributed by atoms with E-state index in [2.05, 4.69) is 31.0 Å². The monoisotopic (exact) mass is 298 g/mol. The Kier molecular flexibility index (Phi) is 5.42. The highest BCUT2D eigenvalue weighted by molar-refractivity contribution is 6.31. The average molecular weight is 299 g/mol. The summed E-state index contributed by atoms with van der Waals surface area (Å²) >= 11 is 6.16. The van der Waals surface area contributed by atoms with Gasteiger partial charge in [-0.05, 0) is 24.5 Å². The lowest BCUT2D eigenvalue weighted by atomic mass is 9.98. The first-order valence-corrected chi connectivity index (χ1v) is 7.81. The maximum absolute atomic E-state index is 14.0. The molecule has 4 heteroatoms. The number of hydrogen-bond donors (Lipinski definition) is 1. The number of benzene rings is 1. The van der Waals surface area contributed by atoms with Crippen LogP contribution in [0.1, 0.15) is 32.8 Å². The minimum Gasteiger partial charge on any atom is -0.311 e. The van der Waals surface area contributed by atoms with E-state index in [1.165, 1.54) is 6.07 Å². The van der Waals surface area contributed by atoms with Gasteiger partial charge in [0.25, 0.3) is 0 Å². The lowest BCUT2D eigenvalue weighted by Gasteiger charge is -2.41. The maximum atomic E-state index is 14.0. The van der Waals surface area contributed by atoms with E-state index < -0.39 is 0 Å². The van der Waals surface area contributed by atoms with Crippen LogP contribution < -0.4 is 5.32 Å². The zero-order valence-corrected chi connectivity index (χ0v) is 13.3. The van der Waals surface area contributed by atoms with Gasteiger partial charge in [-0.2, -0.15) is 0 Å². The predicted octanol–water partition coefficient (Wildman–Crippen LogP) is 3.69. The summed E-state index contributed by atoms with van der Waals surface area (Å²) in [5.74, 6) is 0.374. The highest BCUT2D eigenvalue weighted by atomic mass is 35.5. The van der Waals surface area contributed by atoms with Gasteiger partial charge in [0.05, 0.1) is 0 Å². The molecule has 1 aromatic rings. The van der Waals surface area contributed by atoms with Gasteiger partial charge in [0.1, 0.15) is 5.82 Å². The number of nitrogens with zero attached hydrogens (tertiary/aromatic N) is 1. The molecule has 0 radical (unpaired) electrons. The van der Waals surface area contributed by atoms with E-state index in [0.717, 1.165) is 19.5 Å². The molecule has 0 aliphatic carbocycles. The molecule has 0 amide bonds. The highest BCUT2D eigenvalue weighted by Crippen LogP contribution is 2.24. The van der Waals surface area contributed by atoms with Gasteiger partial charge in [-0.1, -0.05) is 38.4 Å². The fourth-order valence-electron chi connectivity index (χ4n) is 2.81. The van der Waals surface area contributed by atoms with E-state index in [-0.39, 0.29) is 5.82 Å². The van der Waals surface area contributed by atoms with Gasteiger partial charge in [0.15, 0.2) is 0 Å². The zero-order chi connectivity index (χ0) is 14.7. The Hall–Kier alpha value is -0.640. The Morgan fingerprint density at radius 2 is 2.20 bits per heavy atom. The van der Waals surface area contributed by atoms with E-state index in [1.807, 2.05) is 0 Å². The van der Waals surface area contributed by atoms with Crippen LogP contribution in [0.25, 0.3) is 0 Å². The van der Waals surface area contributed by atoms with Crippen molar-refractivity contribution in [1.29, 1.82) is 0 Å². The van der Waals surface area contributed by atoms with Gasteiger partial charge < -0.3 is 5.32 Å². The summed E-state index contributed by atoms with van der Waals surface area (Å²) in [5, 5.41) is 4.12. The zero-order valence-electron chi connectivity index (χ0n) is 12.5. The van der Waals surface area contributed by atoms with Crippen molar-refractivity contribution in [2.45, 2.75) is 45.8 Å². The molecule has 2 nitrogen and oxygen atoms in total. The van der Waals surface area contributed by atoms with Crippen molar-refractivity contribution < 1.29 is 4.39 Å². The van der Waals surface area contributed by atoms with Gasteiger partial charge in [0.2, 0.25) is 0 Å². The van der Waals surface area contributed by atoms with Crippen LogP contribution in [0.5, 0.6) is 0 Å². The third-order valence-electron chi connectivity index (χ3n) is 4.26. The second kappa shape index (κ2) is 6.88. The van der Waals surface area contributed by atoms with Crippen LogP contribution in [0.4, 0.5) is 4.39 Å². The van der Waals surface area contributed by atoms with Crippen molar-refractivity contribution in [3.63, 3.8) is 0 Å². The van der Waals surface area contributed by atoms with Crippen LogP contribution in [0.3, 0.4) is 0 Å². The number of hydrogen-bond acceptors (Lipinski definition) is 2. The third kappa shape index (κ3) is 3.51. The number of halogens is 2. The van der Waals surface area contributed by atoms with Crippen LogP contribution in [0, 0.1) is 11.7 Å². The average Bonchev–Trinajstić information content (AvgIpc) is 2.42. The van der Waals surface area contributed by atoms with Crippen LogP contribution in [-0.2, 0) is 6.54 Å². The molecule has 1 fully saturated rings. The number of piperazine rings is 1. The second-order valence-electron chi connectivity index (χ2n) is 5.95. The Morgan fingerprint density at radius 1 is 1.45 bits per heavy atom. The molecule has 1 saturated heterocycles. The summed E-state index contributed by atoms with van der Waals surface area (Å²) in [6.07, 6.45) is 1.06. The summed E-state index contributed by atoms with van der Waals surface area (Å²) < 4.78 is 14.0. The van der Waals surface area contributed by atoms with E-state index in [1.54, 1.807) is 12.1 Å². The van der Waals surface area contributed by atoms with Crippen LogP contribution >= 0.6 is 11.6 Å². The molecule has 0 aromatic heterocycles. The highest BCUT2D eigenvalue weighted by Gasteiger charge is 2.29. The summed E-state index contributed by atoms with van der Waals surface area (Å²) in [4.78, 5) is 2.37. The standard InChI is InChI=1S/C16H24ClFN2/c1-4-12-8-19-16(11(2)3)10-20(12)9-13-14(17)6-5-7-15(13)18/h5-7,11-12,16,19H,4,8-10H2,1-3H3. The van der Waals surface area contributed by atoms with Crippen LogP contribution in [0.15, 0.2) is 18.2 Å². The maximum Gasteiger partial charge on any atom is 0.129 e. The Bertz CT molecular complexity index is 430. The van der Waals surface area contributed by atoms with Crippen molar-refractivity contribution in [3.8, 4) is 0 Å².